The van der Waals surface area contributed by atoms with E-state index in [2.05, 4.69) is 22.2 Å². The first kappa shape index (κ1) is 15.7. The van der Waals surface area contributed by atoms with E-state index >= 15 is 0 Å². The maximum atomic E-state index is 6.16. The molecular formula is C16H31N3O2. The number of piperazine rings is 1. The van der Waals surface area contributed by atoms with Gasteiger partial charge in [-0.3, -0.25) is 4.90 Å². The minimum absolute atomic E-state index is 0.116. The van der Waals surface area contributed by atoms with Crippen LogP contribution in [-0.2, 0) is 9.47 Å². The summed E-state index contributed by atoms with van der Waals surface area (Å²) in [6.07, 6.45) is 4.53. The van der Waals surface area contributed by atoms with Gasteiger partial charge in [0.1, 0.15) is 0 Å². The maximum Gasteiger partial charge on any atom is 0.0741 e. The van der Waals surface area contributed by atoms with Gasteiger partial charge in [-0.05, 0) is 32.7 Å². The summed E-state index contributed by atoms with van der Waals surface area (Å²) in [6, 6.07) is 0.680. The van der Waals surface area contributed by atoms with Gasteiger partial charge in [-0.1, -0.05) is 0 Å². The lowest BCUT2D eigenvalue weighted by Gasteiger charge is -2.46. The zero-order valence-corrected chi connectivity index (χ0v) is 13.5. The Balaban J connectivity index is 1.46. The standard InChI is InChI=1S/C16H31N3O2/c1-18(9-10-19-7-5-17-6-8-19)15-2-11-21-16(14-15)3-12-20-13-4-16/h15,17H,2-14H2,1H3. The molecule has 1 unspecified atom stereocenters. The Kier molecular flexibility index (Phi) is 5.51. The quantitative estimate of drug-likeness (QED) is 0.820. The van der Waals surface area contributed by atoms with Gasteiger partial charge in [-0.25, -0.2) is 0 Å². The monoisotopic (exact) mass is 297 g/mol. The molecule has 3 rings (SSSR count). The molecule has 0 saturated carbocycles. The first-order valence-corrected chi connectivity index (χ1v) is 8.62. The molecule has 3 saturated heterocycles. The normalized spacial score (nSPS) is 30.9. The Hall–Kier alpha value is -0.200. The lowest BCUT2D eigenvalue weighted by atomic mass is 9.83. The molecular weight excluding hydrogens is 266 g/mol. The van der Waals surface area contributed by atoms with E-state index < -0.39 is 0 Å². The van der Waals surface area contributed by atoms with E-state index in [1.165, 1.54) is 39.0 Å². The third-order valence-corrected chi connectivity index (χ3v) is 5.47. The van der Waals surface area contributed by atoms with Crippen LogP contribution in [0.4, 0.5) is 0 Å². The van der Waals surface area contributed by atoms with Crippen molar-refractivity contribution in [3.05, 3.63) is 0 Å². The van der Waals surface area contributed by atoms with Crippen LogP contribution < -0.4 is 5.32 Å². The first-order valence-electron chi connectivity index (χ1n) is 8.62. The van der Waals surface area contributed by atoms with Crippen LogP contribution in [0, 0.1) is 0 Å². The molecule has 3 fully saturated rings. The lowest BCUT2D eigenvalue weighted by molar-refractivity contribution is -0.149. The summed E-state index contributed by atoms with van der Waals surface area (Å²) in [6.45, 7) is 9.72. The second-order valence-electron chi connectivity index (χ2n) is 6.86. The Morgan fingerprint density at radius 2 is 1.95 bits per heavy atom. The van der Waals surface area contributed by atoms with E-state index in [1.54, 1.807) is 0 Å². The fourth-order valence-corrected chi connectivity index (χ4v) is 3.89. The van der Waals surface area contributed by atoms with Gasteiger partial charge in [0.05, 0.1) is 5.60 Å². The molecule has 122 valence electrons. The predicted octanol–water partition coefficient (Wildman–Crippen LogP) is 0.552. The number of ether oxygens (including phenoxy) is 2. The van der Waals surface area contributed by atoms with Gasteiger partial charge in [-0.2, -0.15) is 0 Å². The molecule has 1 atom stereocenters. The van der Waals surface area contributed by atoms with Crippen molar-refractivity contribution in [1.82, 2.24) is 15.1 Å². The molecule has 3 heterocycles. The number of rotatable bonds is 4. The maximum absolute atomic E-state index is 6.16. The molecule has 0 aromatic heterocycles. The summed E-state index contributed by atoms with van der Waals surface area (Å²) in [5, 5.41) is 3.42. The minimum Gasteiger partial charge on any atom is -0.381 e. The van der Waals surface area contributed by atoms with Crippen molar-refractivity contribution < 1.29 is 9.47 Å². The van der Waals surface area contributed by atoms with Gasteiger partial charge in [0.25, 0.3) is 0 Å². The predicted molar refractivity (Wildman–Crippen MR) is 83.7 cm³/mol. The van der Waals surface area contributed by atoms with E-state index in [0.29, 0.717) is 6.04 Å². The Labute approximate surface area is 128 Å². The molecule has 0 aromatic rings. The van der Waals surface area contributed by atoms with E-state index in [1.807, 2.05) is 0 Å². The van der Waals surface area contributed by atoms with Gasteiger partial charge in [0.15, 0.2) is 0 Å². The fourth-order valence-electron chi connectivity index (χ4n) is 3.89. The highest BCUT2D eigenvalue weighted by Crippen LogP contribution is 2.35. The minimum atomic E-state index is 0.116. The van der Waals surface area contributed by atoms with Crippen molar-refractivity contribution in [2.24, 2.45) is 0 Å². The van der Waals surface area contributed by atoms with E-state index in [-0.39, 0.29) is 5.60 Å². The van der Waals surface area contributed by atoms with Crippen LogP contribution >= 0.6 is 0 Å². The highest BCUT2D eigenvalue weighted by atomic mass is 16.5. The number of hydrogen-bond acceptors (Lipinski definition) is 5. The molecule has 5 nitrogen and oxygen atoms in total. The van der Waals surface area contributed by atoms with E-state index in [9.17, 15) is 0 Å². The van der Waals surface area contributed by atoms with Crippen molar-refractivity contribution >= 4 is 0 Å². The van der Waals surface area contributed by atoms with Crippen LogP contribution in [-0.4, -0.2) is 87.6 Å². The van der Waals surface area contributed by atoms with Crippen LogP contribution in [0.3, 0.4) is 0 Å². The molecule has 0 bridgehead atoms. The molecule has 21 heavy (non-hydrogen) atoms. The van der Waals surface area contributed by atoms with Crippen LogP contribution in [0.2, 0.25) is 0 Å². The Morgan fingerprint density at radius 1 is 1.19 bits per heavy atom. The van der Waals surface area contributed by atoms with Crippen LogP contribution in [0.15, 0.2) is 0 Å². The highest BCUT2D eigenvalue weighted by molar-refractivity contribution is 4.92. The molecule has 1 N–H and O–H groups in total. The van der Waals surface area contributed by atoms with Crippen molar-refractivity contribution in [3.8, 4) is 0 Å². The second kappa shape index (κ2) is 7.38. The van der Waals surface area contributed by atoms with Gasteiger partial charge in [-0.15, -0.1) is 0 Å². The topological polar surface area (TPSA) is 37.0 Å². The third kappa shape index (κ3) is 4.17. The fraction of sp³-hybridized carbons (Fsp3) is 1.00. The van der Waals surface area contributed by atoms with Crippen LogP contribution in [0.1, 0.15) is 25.7 Å². The number of hydrogen-bond donors (Lipinski definition) is 1. The van der Waals surface area contributed by atoms with Crippen molar-refractivity contribution in [2.75, 3.05) is 66.1 Å². The Bertz CT molecular complexity index is 309. The molecule has 5 heteroatoms. The SMILES string of the molecule is CN(CCN1CCNCC1)C1CCOC2(CCOCC2)C1. The summed E-state index contributed by atoms with van der Waals surface area (Å²) in [7, 11) is 2.30. The molecule has 0 amide bonds. The third-order valence-electron chi connectivity index (χ3n) is 5.47. The summed E-state index contributed by atoms with van der Waals surface area (Å²) >= 11 is 0. The average Bonchev–Trinajstić information content (AvgIpc) is 2.54. The zero-order valence-electron chi connectivity index (χ0n) is 13.5. The van der Waals surface area contributed by atoms with Crippen LogP contribution in [0.5, 0.6) is 0 Å². The second-order valence-corrected chi connectivity index (χ2v) is 6.86. The highest BCUT2D eigenvalue weighted by Gasteiger charge is 2.40. The molecule has 3 aliphatic rings. The van der Waals surface area contributed by atoms with Gasteiger partial charge in [0.2, 0.25) is 0 Å². The van der Waals surface area contributed by atoms with E-state index in [4.69, 9.17) is 9.47 Å². The van der Waals surface area contributed by atoms with Crippen molar-refractivity contribution in [2.45, 2.75) is 37.3 Å². The summed E-state index contributed by atoms with van der Waals surface area (Å²) in [4.78, 5) is 5.15. The summed E-state index contributed by atoms with van der Waals surface area (Å²) in [5.74, 6) is 0. The van der Waals surface area contributed by atoms with Gasteiger partial charge < -0.3 is 19.7 Å². The number of nitrogens with one attached hydrogen (secondary N) is 1. The van der Waals surface area contributed by atoms with E-state index in [0.717, 1.165) is 45.8 Å². The average molecular weight is 297 g/mol. The lowest BCUT2D eigenvalue weighted by Crippen LogP contribution is -2.52. The smallest absolute Gasteiger partial charge is 0.0741 e. The van der Waals surface area contributed by atoms with Crippen molar-refractivity contribution in [3.63, 3.8) is 0 Å². The van der Waals surface area contributed by atoms with Crippen LogP contribution in [0.25, 0.3) is 0 Å². The number of likely N-dealkylation sites (N-methyl/N-ethyl adjacent to an activating group) is 1. The molecule has 0 radical (unpaired) electrons. The largest absolute Gasteiger partial charge is 0.381 e. The molecule has 0 aromatic carbocycles. The summed E-state index contributed by atoms with van der Waals surface area (Å²) < 4.78 is 11.7. The van der Waals surface area contributed by atoms with Gasteiger partial charge >= 0.3 is 0 Å². The number of nitrogens with zero attached hydrogens (tertiary/aromatic N) is 2. The molecule has 3 aliphatic heterocycles. The first-order chi connectivity index (χ1) is 10.3. The van der Waals surface area contributed by atoms with Gasteiger partial charge in [0, 0.05) is 65.1 Å². The van der Waals surface area contributed by atoms with Crippen molar-refractivity contribution in [1.29, 1.82) is 0 Å². The summed E-state index contributed by atoms with van der Waals surface area (Å²) in [5.41, 5.74) is 0.116. The Morgan fingerprint density at radius 3 is 2.71 bits per heavy atom. The molecule has 1 spiro atoms. The molecule has 0 aliphatic carbocycles. The zero-order chi connectivity index (χ0) is 14.5.